The van der Waals surface area contributed by atoms with E-state index in [0.29, 0.717) is 32.0 Å². The highest BCUT2D eigenvalue weighted by atomic mass is 16.3. The van der Waals surface area contributed by atoms with Crippen molar-refractivity contribution in [2.75, 3.05) is 18.4 Å². The van der Waals surface area contributed by atoms with Crippen molar-refractivity contribution >= 4 is 11.6 Å². The summed E-state index contributed by atoms with van der Waals surface area (Å²) in [4.78, 5) is 14.2. The Hall–Kier alpha value is -2.33. The van der Waals surface area contributed by atoms with Gasteiger partial charge in [0.15, 0.2) is 0 Å². The summed E-state index contributed by atoms with van der Waals surface area (Å²) in [5.74, 6) is 0.114. The first-order valence-electron chi connectivity index (χ1n) is 9.49. The minimum absolute atomic E-state index is 0.114. The number of carbonyl (C=O) groups excluding carboxylic acids is 1. The highest BCUT2D eigenvalue weighted by Gasteiger charge is 2.25. The van der Waals surface area contributed by atoms with Gasteiger partial charge < -0.3 is 15.3 Å². The Balaban J connectivity index is 1.44. The third kappa shape index (κ3) is 3.61. The molecule has 2 N–H and O–H groups in total. The summed E-state index contributed by atoms with van der Waals surface area (Å²) in [6, 6.07) is 15.4. The van der Waals surface area contributed by atoms with Gasteiger partial charge in [0.2, 0.25) is 5.91 Å². The van der Waals surface area contributed by atoms with Gasteiger partial charge in [-0.2, -0.15) is 0 Å². The Morgan fingerprint density at radius 2 is 2.12 bits per heavy atom. The number of aryl methyl sites for hydroxylation is 2. The SMILES string of the molecule is Cc1cccc([C@@H]2CCc3cc(CC(=O)N4CC[C@H](O)C4)ccc3N2)c1. The molecule has 0 bridgehead atoms. The highest BCUT2D eigenvalue weighted by Crippen LogP contribution is 2.33. The number of benzene rings is 2. The quantitative estimate of drug-likeness (QED) is 0.894. The molecular formula is C22H26N2O2. The Morgan fingerprint density at radius 1 is 1.23 bits per heavy atom. The van der Waals surface area contributed by atoms with Crippen LogP contribution in [0.3, 0.4) is 0 Å². The van der Waals surface area contributed by atoms with E-state index < -0.39 is 0 Å². The van der Waals surface area contributed by atoms with Gasteiger partial charge in [0.1, 0.15) is 0 Å². The number of rotatable bonds is 3. The number of anilines is 1. The van der Waals surface area contributed by atoms with Crippen LogP contribution in [0.2, 0.25) is 0 Å². The van der Waals surface area contributed by atoms with E-state index in [1.54, 1.807) is 4.90 Å². The van der Waals surface area contributed by atoms with Crippen LogP contribution in [-0.4, -0.2) is 35.1 Å². The van der Waals surface area contributed by atoms with Gasteiger partial charge in [-0.15, -0.1) is 0 Å². The third-order valence-electron chi connectivity index (χ3n) is 5.52. The van der Waals surface area contributed by atoms with Gasteiger partial charge in [0.05, 0.1) is 18.6 Å². The summed E-state index contributed by atoms with van der Waals surface area (Å²) in [7, 11) is 0. The van der Waals surface area contributed by atoms with Crippen molar-refractivity contribution in [1.29, 1.82) is 0 Å². The lowest BCUT2D eigenvalue weighted by atomic mass is 9.91. The predicted octanol–water partition coefficient (Wildman–Crippen LogP) is 3.23. The van der Waals surface area contributed by atoms with E-state index in [1.807, 2.05) is 0 Å². The van der Waals surface area contributed by atoms with Crippen LogP contribution in [0.4, 0.5) is 5.69 Å². The third-order valence-corrected chi connectivity index (χ3v) is 5.52. The average Bonchev–Trinajstić information content (AvgIpc) is 3.08. The molecule has 4 nitrogen and oxygen atoms in total. The monoisotopic (exact) mass is 350 g/mol. The lowest BCUT2D eigenvalue weighted by molar-refractivity contribution is -0.129. The standard InChI is InChI=1S/C22H26N2O2/c1-15-3-2-4-17(11-15)21-8-6-18-12-16(5-7-20(18)23-21)13-22(26)24-10-9-19(25)14-24/h2-5,7,11-12,19,21,23,25H,6,8-10,13-14H2,1H3/t19-,21-/m0/s1. The first kappa shape index (κ1) is 17.1. The number of hydrogen-bond donors (Lipinski definition) is 2. The minimum Gasteiger partial charge on any atom is -0.391 e. The summed E-state index contributed by atoms with van der Waals surface area (Å²) in [5, 5.41) is 13.3. The number of nitrogens with zero attached hydrogens (tertiary/aromatic N) is 1. The van der Waals surface area contributed by atoms with Gasteiger partial charge in [0, 0.05) is 18.8 Å². The van der Waals surface area contributed by atoms with E-state index in [2.05, 4.69) is 54.7 Å². The molecule has 2 atom stereocenters. The van der Waals surface area contributed by atoms with E-state index in [1.165, 1.54) is 22.4 Å². The molecular weight excluding hydrogens is 324 g/mol. The van der Waals surface area contributed by atoms with Crippen LogP contribution in [0.1, 0.15) is 41.1 Å². The number of amides is 1. The molecule has 0 unspecified atom stereocenters. The molecule has 136 valence electrons. The number of likely N-dealkylation sites (tertiary alicyclic amines) is 1. The van der Waals surface area contributed by atoms with Crippen LogP contribution in [0.25, 0.3) is 0 Å². The van der Waals surface area contributed by atoms with Crippen molar-refractivity contribution in [1.82, 2.24) is 4.90 Å². The molecule has 1 saturated heterocycles. The van der Waals surface area contributed by atoms with Gasteiger partial charge in [-0.3, -0.25) is 4.79 Å². The van der Waals surface area contributed by atoms with Gasteiger partial charge in [-0.25, -0.2) is 0 Å². The fourth-order valence-corrected chi connectivity index (χ4v) is 4.06. The molecule has 0 aliphatic carbocycles. The summed E-state index contributed by atoms with van der Waals surface area (Å²) in [5.41, 5.74) is 6.15. The number of carbonyl (C=O) groups is 1. The smallest absolute Gasteiger partial charge is 0.227 e. The second kappa shape index (κ2) is 7.12. The van der Waals surface area contributed by atoms with E-state index in [0.717, 1.165) is 18.4 Å². The van der Waals surface area contributed by atoms with E-state index >= 15 is 0 Å². The van der Waals surface area contributed by atoms with Crippen LogP contribution in [0.15, 0.2) is 42.5 Å². The zero-order valence-corrected chi connectivity index (χ0v) is 15.2. The first-order valence-corrected chi connectivity index (χ1v) is 9.49. The molecule has 2 heterocycles. The molecule has 0 saturated carbocycles. The molecule has 2 aliphatic heterocycles. The number of fused-ring (bicyclic) bond motifs is 1. The highest BCUT2D eigenvalue weighted by molar-refractivity contribution is 5.79. The van der Waals surface area contributed by atoms with Crippen molar-refractivity contribution in [2.45, 2.75) is 44.8 Å². The van der Waals surface area contributed by atoms with Crippen LogP contribution in [0, 0.1) is 6.92 Å². The molecule has 1 fully saturated rings. The minimum atomic E-state index is -0.356. The molecule has 0 spiro atoms. The number of aliphatic hydroxyl groups is 1. The molecule has 2 aromatic carbocycles. The van der Waals surface area contributed by atoms with E-state index in [-0.39, 0.29) is 12.0 Å². The summed E-state index contributed by atoms with van der Waals surface area (Å²) < 4.78 is 0. The predicted molar refractivity (Wildman–Crippen MR) is 103 cm³/mol. The van der Waals surface area contributed by atoms with Crippen LogP contribution in [-0.2, 0) is 17.6 Å². The number of β-amino-alcohol motifs (C(OH)–C–C–N with tert-alkyl or cyclic N) is 1. The molecule has 26 heavy (non-hydrogen) atoms. The molecule has 4 rings (SSSR count). The van der Waals surface area contributed by atoms with Crippen LogP contribution in [0.5, 0.6) is 0 Å². The van der Waals surface area contributed by atoms with Crippen molar-refractivity contribution in [2.24, 2.45) is 0 Å². The number of hydrogen-bond acceptors (Lipinski definition) is 3. The summed E-state index contributed by atoms with van der Waals surface area (Å²) in [6.45, 7) is 3.27. The normalized spacial score (nSPS) is 22.0. The second-order valence-electron chi connectivity index (χ2n) is 7.60. The number of aliphatic hydroxyl groups excluding tert-OH is 1. The zero-order valence-electron chi connectivity index (χ0n) is 15.2. The summed E-state index contributed by atoms with van der Waals surface area (Å²) in [6.07, 6.45) is 2.84. The van der Waals surface area contributed by atoms with Crippen LogP contribution >= 0.6 is 0 Å². The summed E-state index contributed by atoms with van der Waals surface area (Å²) >= 11 is 0. The van der Waals surface area contributed by atoms with E-state index in [9.17, 15) is 9.90 Å². The Labute approximate surface area is 154 Å². The van der Waals surface area contributed by atoms with Crippen molar-refractivity contribution in [3.63, 3.8) is 0 Å². The maximum atomic E-state index is 12.4. The van der Waals surface area contributed by atoms with E-state index in [4.69, 9.17) is 0 Å². The van der Waals surface area contributed by atoms with Gasteiger partial charge in [-0.05, 0) is 48.9 Å². The van der Waals surface area contributed by atoms with Gasteiger partial charge >= 0.3 is 0 Å². The van der Waals surface area contributed by atoms with Crippen molar-refractivity contribution < 1.29 is 9.90 Å². The molecule has 0 radical (unpaired) electrons. The van der Waals surface area contributed by atoms with Gasteiger partial charge in [0.25, 0.3) is 0 Å². The fourth-order valence-electron chi connectivity index (χ4n) is 4.06. The van der Waals surface area contributed by atoms with Crippen molar-refractivity contribution in [3.05, 3.63) is 64.7 Å². The van der Waals surface area contributed by atoms with Crippen molar-refractivity contribution in [3.8, 4) is 0 Å². The second-order valence-corrected chi connectivity index (χ2v) is 7.60. The lowest BCUT2D eigenvalue weighted by Crippen LogP contribution is -2.30. The topological polar surface area (TPSA) is 52.6 Å². The Morgan fingerprint density at radius 3 is 2.88 bits per heavy atom. The zero-order chi connectivity index (χ0) is 18.1. The Bertz CT molecular complexity index is 818. The number of nitrogens with one attached hydrogen (secondary N) is 1. The fraction of sp³-hybridized carbons (Fsp3) is 0.409. The maximum Gasteiger partial charge on any atom is 0.227 e. The molecule has 2 aromatic rings. The first-order chi connectivity index (χ1) is 12.6. The molecule has 1 amide bonds. The lowest BCUT2D eigenvalue weighted by Gasteiger charge is -2.28. The largest absolute Gasteiger partial charge is 0.391 e. The van der Waals surface area contributed by atoms with Gasteiger partial charge in [-0.1, -0.05) is 42.0 Å². The molecule has 0 aromatic heterocycles. The Kier molecular flexibility index (Phi) is 4.68. The van der Waals surface area contributed by atoms with Crippen LogP contribution < -0.4 is 5.32 Å². The molecule has 2 aliphatic rings. The molecule has 4 heteroatoms. The average molecular weight is 350 g/mol. The maximum absolute atomic E-state index is 12.4.